The molecule has 0 saturated carbocycles. The van der Waals surface area contributed by atoms with Crippen molar-refractivity contribution in [1.29, 1.82) is 0 Å². The molecule has 0 radical (unpaired) electrons. The zero-order valence-electron chi connectivity index (χ0n) is 16.1. The number of allylic oxidation sites excluding steroid dienone is 1. The lowest BCUT2D eigenvalue weighted by Crippen LogP contribution is -2.25. The summed E-state index contributed by atoms with van der Waals surface area (Å²) in [5, 5.41) is 8.67. The summed E-state index contributed by atoms with van der Waals surface area (Å²) < 4.78 is 1.94. The Balaban J connectivity index is 1.55. The Morgan fingerprint density at radius 2 is 2.00 bits per heavy atom. The molecule has 0 atom stereocenters. The van der Waals surface area contributed by atoms with E-state index < -0.39 is 5.91 Å². The monoisotopic (exact) mass is 383 g/mol. The van der Waals surface area contributed by atoms with Gasteiger partial charge in [0.2, 0.25) is 5.91 Å². The number of para-hydroxylation sites is 1. The van der Waals surface area contributed by atoms with Gasteiger partial charge in [0, 0.05) is 35.6 Å². The van der Waals surface area contributed by atoms with Gasteiger partial charge in [-0.2, -0.15) is 0 Å². The summed E-state index contributed by atoms with van der Waals surface area (Å²) in [6, 6.07) is 12.3. The molecule has 0 bridgehead atoms. The summed E-state index contributed by atoms with van der Waals surface area (Å²) >= 11 is 0. The second kappa shape index (κ2) is 6.44. The topological polar surface area (TPSA) is 77.0 Å². The van der Waals surface area contributed by atoms with Gasteiger partial charge in [0.15, 0.2) is 0 Å². The van der Waals surface area contributed by atoms with Crippen LogP contribution in [0.15, 0.2) is 55.1 Å². The number of nitrogens with zero attached hydrogens (tertiary/aromatic N) is 4. The maximum Gasteiger partial charge on any atom is 0.245 e. The number of fused-ring (bicyclic) bond motifs is 4. The van der Waals surface area contributed by atoms with Crippen molar-refractivity contribution in [2.75, 3.05) is 6.54 Å². The number of hydrogen-bond donors (Lipinski definition) is 1. The van der Waals surface area contributed by atoms with E-state index in [2.05, 4.69) is 46.6 Å². The Morgan fingerprint density at radius 3 is 2.83 bits per heavy atom. The minimum absolute atomic E-state index is 0.387. The molecule has 0 saturated heterocycles. The van der Waals surface area contributed by atoms with Gasteiger partial charge in [-0.25, -0.2) is 4.68 Å². The first-order chi connectivity index (χ1) is 14.0. The third-order valence-corrected chi connectivity index (χ3v) is 5.80. The molecule has 2 N–H and O–H groups in total. The highest BCUT2D eigenvalue weighted by Crippen LogP contribution is 2.39. The molecule has 1 amide bonds. The summed E-state index contributed by atoms with van der Waals surface area (Å²) in [7, 11) is 0. The van der Waals surface area contributed by atoms with Gasteiger partial charge in [-0.05, 0) is 47.7 Å². The van der Waals surface area contributed by atoms with Crippen LogP contribution in [0.5, 0.6) is 0 Å². The van der Waals surface area contributed by atoms with Crippen molar-refractivity contribution >= 4 is 34.4 Å². The summed E-state index contributed by atoms with van der Waals surface area (Å²) in [6.45, 7) is 9.10. The average molecular weight is 383 g/mol. The molecule has 5 rings (SSSR count). The first kappa shape index (κ1) is 17.4. The summed E-state index contributed by atoms with van der Waals surface area (Å²) in [5.41, 5.74) is 14.6. The molecule has 144 valence electrons. The minimum atomic E-state index is -0.476. The molecule has 0 unspecified atom stereocenters. The minimum Gasteiger partial charge on any atom is -0.366 e. The van der Waals surface area contributed by atoms with Crippen LogP contribution >= 0.6 is 0 Å². The van der Waals surface area contributed by atoms with Crippen LogP contribution in [0.4, 0.5) is 0 Å². The van der Waals surface area contributed by atoms with Crippen LogP contribution in [0.3, 0.4) is 0 Å². The Labute approximate surface area is 168 Å². The van der Waals surface area contributed by atoms with Crippen molar-refractivity contribution in [3.63, 3.8) is 0 Å². The second-order valence-corrected chi connectivity index (χ2v) is 7.56. The van der Waals surface area contributed by atoms with Gasteiger partial charge in [-0.3, -0.25) is 4.79 Å². The van der Waals surface area contributed by atoms with Crippen LogP contribution in [-0.2, 0) is 17.8 Å². The highest BCUT2D eigenvalue weighted by molar-refractivity contribution is 5.92. The van der Waals surface area contributed by atoms with E-state index >= 15 is 0 Å². The van der Waals surface area contributed by atoms with Crippen LogP contribution in [0.2, 0.25) is 0 Å². The molecule has 6 nitrogen and oxygen atoms in total. The van der Waals surface area contributed by atoms with Gasteiger partial charge in [-0.15, -0.1) is 5.10 Å². The first-order valence-corrected chi connectivity index (χ1v) is 9.61. The van der Waals surface area contributed by atoms with Crippen LogP contribution in [0.1, 0.15) is 28.7 Å². The van der Waals surface area contributed by atoms with E-state index in [9.17, 15) is 4.79 Å². The number of rotatable bonds is 4. The standard InChI is InChI=1S/C23H21N5O/c1-14(23(24)29)12-27-13-20-18(15(27)2)10-8-16-7-9-17(11-19(16)20)28-22-6-4-3-5-21(22)25-26-28/h3-6,8,10-11H,1-2,7,9,12-13H2,(H2,24,29). The van der Waals surface area contributed by atoms with Crippen molar-refractivity contribution in [1.82, 2.24) is 19.9 Å². The van der Waals surface area contributed by atoms with Crippen LogP contribution < -0.4 is 5.73 Å². The average Bonchev–Trinajstić information content (AvgIpc) is 3.29. The van der Waals surface area contributed by atoms with Gasteiger partial charge < -0.3 is 10.6 Å². The fourth-order valence-electron chi connectivity index (χ4n) is 4.22. The highest BCUT2D eigenvalue weighted by atomic mass is 16.1. The van der Waals surface area contributed by atoms with E-state index in [0.29, 0.717) is 18.7 Å². The zero-order valence-corrected chi connectivity index (χ0v) is 16.1. The van der Waals surface area contributed by atoms with Crippen molar-refractivity contribution in [2.24, 2.45) is 5.73 Å². The maximum atomic E-state index is 11.4. The summed E-state index contributed by atoms with van der Waals surface area (Å²) in [6.07, 6.45) is 4.07. The number of aryl methyl sites for hydroxylation is 1. The van der Waals surface area contributed by atoms with Crippen molar-refractivity contribution in [2.45, 2.75) is 19.4 Å². The Kier molecular flexibility index (Phi) is 3.87. The number of hydrogen-bond acceptors (Lipinski definition) is 4. The fraction of sp³-hybridized carbons (Fsp3) is 0.174. The molecule has 2 aliphatic rings. The molecule has 2 heterocycles. The molecule has 1 aliphatic carbocycles. The molecule has 2 aromatic carbocycles. The number of carbonyl (C=O) groups is 1. The molecular formula is C23H21N5O. The van der Waals surface area contributed by atoms with Gasteiger partial charge in [0.05, 0.1) is 5.52 Å². The summed E-state index contributed by atoms with van der Waals surface area (Å²) in [5.74, 6) is -0.476. The van der Waals surface area contributed by atoms with Gasteiger partial charge in [0.25, 0.3) is 0 Å². The van der Waals surface area contributed by atoms with Gasteiger partial charge in [-0.1, -0.05) is 42.6 Å². The zero-order chi connectivity index (χ0) is 20.1. The largest absolute Gasteiger partial charge is 0.366 e. The maximum absolute atomic E-state index is 11.4. The van der Waals surface area contributed by atoms with E-state index in [4.69, 9.17) is 5.73 Å². The second-order valence-electron chi connectivity index (χ2n) is 7.56. The number of nitrogens with two attached hydrogens (primary N) is 1. The highest BCUT2D eigenvalue weighted by Gasteiger charge is 2.28. The first-order valence-electron chi connectivity index (χ1n) is 9.61. The number of primary amides is 1. The third kappa shape index (κ3) is 2.76. The predicted molar refractivity (Wildman–Crippen MR) is 114 cm³/mol. The van der Waals surface area contributed by atoms with E-state index in [1.165, 1.54) is 16.7 Å². The number of amides is 1. The normalized spacial score (nSPS) is 15.2. The van der Waals surface area contributed by atoms with E-state index in [0.717, 1.165) is 40.8 Å². The quantitative estimate of drug-likeness (QED) is 0.702. The lowest BCUT2D eigenvalue weighted by Gasteiger charge is -2.20. The van der Waals surface area contributed by atoms with E-state index in [-0.39, 0.29) is 0 Å². The molecule has 29 heavy (non-hydrogen) atoms. The molecule has 0 spiro atoms. The molecule has 3 aromatic rings. The number of carbonyl (C=O) groups excluding carboxylic acids is 1. The molecule has 1 aromatic heterocycles. The van der Waals surface area contributed by atoms with E-state index in [1.807, 2.05) is 28.9 Å². The van der Waals surface area contributed by atoms with Crippen molar-refractivity contribution in [3.8, 4) is 0 Å². The van der Waals surface area contributed by atoms with Crippen LogP contribution in [-0.4, -0.2) is 32.3 Å². The van der Waals surface area contributed by atoms with Gasteiger partial charge >= 0.3 is 0 Å². The Morgan fingerprint density at radius 1 is 1.17 bits per heavy atom. The van der Waals surface area contributed by atoms with E-state index in [1.54, 1.807) is 0 Å². The lowest BCUT2D eigenvalue weighted by atomic mass is 9.89. The number of aromatic nitrogens is 3. The van der Waals surface area contributed by atoms with Crippen molar-refractivity contribution < 1.29 is 4.79 Å². The lowest BCUT2D eigenvalue weighted by molar-refractivity contribution is -0.114. The van der Waals surface area contributed by atoms with Crippen LogP contribution in [0, 0.1) is 0 Å². The van der Waals surface area contributed by atoms with Gasteiger partial charge in [0.1, 0.15) is 5.52 Å². The SMILES string of the molecule is C=C(CN1Cc2c(ccc3c2C=C(n2nnc4ccccc42)CC3)C1=C)C(N)=O. The Bertz CT molecular complexity index is 1230. The van der Waals surface area contributed by atoms with Crippen molar-refractivity contribution in [3.05, 3.63) is 77.4 Å². The fourth-order valence-corrected chi connectivity index (χ4v) is 4.22. The molecule has 0 fully saturated rings. The summed E-state index contributed by atoms with van der Waals surface area (Å²) in [4.78, 5) is 13.5. The third-order valence-electron chi connectivity index (χ3n) is 5.80. The predicted octanol–water partition coefficient (Wildman–Crippen LogP) is 3.20. The van der Waals surface area contributed by atoms with Crippen LogP contribution in [0.25, 0.3) is 28.5 Å². The Hall–Kier alpha value is -3.67. The smallest absolute Gasteiger partial charge is 0.245 e. The molecular weight excluding hydrogens is 362 g/mol. The molecule has 1 aliphatic heterocycles. The number of benzene rings is 2. The molecule has 6 heteroatoms.